The van der Waals surface area contributed by atoms with Crippen LogP contribution in [0.1, 0.15) is 38.2 Å². The predicted octanol–water partition coefficient (Wildman–Crippen LogP) is 3.05. The highest BCUT2D eigenvalue weighted by atomic mass is 79.9. The maximum absolute atomic E-state index is 13.4. The van der Waals surface area contributed by atoms with Crippen molar-refractivity contribution in [3.05, 3.63) is 56.8 Å². The second kappa shape index (κ2) is 7.13. The summed E-state index contributed by atoms with van der Waals surface area (Å²) in [6.07, 6.45) is 1.07. The Hall–Kier alpha value is -2.41. The van der Waals surface area contributed by atoms with Crippen LogP contribution in [0.4, 0.5) is 0 Å². The van der Waals surface area contributed by atoms with Crippen LogP contribution in [0.25, 0.3) is 0 Å². The number of nitrogens with one attached hydrogen (secondary N) is 1. The molecule has 1 amide bonds. The number of carbonyl (C=O) groups excluding carboxylic acids is 3. The van der Waals surface area contributed by atoms with Gasteiger partial charge in [-0.3, -0.25) is 9.59 Å². The van der Waals surface area contributed by atoms with E-state index in [4.69, 9.17) is 4.74 Å². The highest BCUT2D eigenvalue weighted by molar-refractivity contribution is 9.10. The third kappa shape index (κ3) is 3.31. The number of fused-ring (bicyclic) bond motifs is 2. The fraction of sp³-hybridized carbons (Fsp3) is 0.409. The number of esters is 1. The molecule has 1 N–H and O–H groups in total. The number of allylic oxidation sites excluding steroid dienone is 2. The molecule has 4 rings (SSSR count). The molecule has 0 saturated carbocycles. The van der Waals surface area contributed by atoms with Crippen molar-refractivity contribution in [3.63, 3.8) is 0 Å². The van der Waals surface area contributed by atoms with Crippen molar-refractivity contribution in [2.45, 2.75) is 32.6 Å². The number of ether oxygens (including phenoxy) is 1. The Bertz CT molecular complexity index is 992. The molecule has 1 aromatic carbocycles. The first-order valence-electron chi connectivity index (χ1n) is 9.63. The normalized spacial score (nSPS) is 23.4. The molecule has 0 unspecified atom stereocenters. The maximum atomic E-state index is 13.4. The van der Waals surface area contributed by atoms with Gasteiger partial charge in [0, 0.05) is 41.2 Å². The Balaban J connectivity index is 2.03. The lowest BCUT2D eigenvalue weighted by atomic mass is 9.68. The number of ketones is 1. The summed E-state index contributed by atoms with van der Waals surface area (Å²) in [5, 5.41) is 2.84. The highest BCUT2D eigenvalue weighted by Gasteiger charge is 2.48. The molecule has 1 fully saturated rings. The van der Waals surface area contributed by atoms with E-state index < -0.39 is 11.9 Å². The number of methoxy groups -OCH3 is 1. The molecule has 152 valence electrons. The van der Waals surface area contributed by atoms with Gasteiger partial charge in [-0.25, -0.2) is 4.79 Å². The lowest BCUT2D eigenvalue weighted by Crippen LogP contribution is -2.51. The molecule has 1 aliphatic carbocycles. The minimum atomic E-state index is -0.631. The Morgan fingerprint density at radius 3 is 2.72 bits per heavy atom. The number of halogens is 1. The zero-order chi connectivity index (χ0) is 20.9. The molecule has 3 aliphatic rings. The topological polar surface area (TPSA) is 75.7 Å². The van der Waals surface area contributed by atoms with Gasteiger partial charge in [-0.15, -0.1) is 0 Å². The summed E-state index contributed by atoms with van der Waals surface area (Å²) in [5.41, 5.74) is 2.58. The first kappa shape index (κ1) is 19.9. The van der Waals surface area contributed by atoms with Gasteiger partial charge in [-0.2, -0.15) is 0 Å². The number of nitrogens with zero attached hydrogens (tertiary/aromatic N) is 1. The molecule has 1 aromatic rings. The molecule has 7 heteroatoms. The molecule has 0 radical (unpaired) electrons. The number of piperazine rings is 1. The van der Waals surface area contributed by atoms with E-state index in [1.54, 1.807) is 0 Å². The van der Waals surface area contributed by atoms with Gasteiger partial charge in [0.2, 0.25) is 0 Å². The Labute approximate surface area is 178 Å². The summed E-state index contributed by atoms with van der Waals surface area (Å²) in [6, 6.07) is 7.52. The minimum absolute atomic E-state index is 0.0210. The summed E-state index contributed by atoms with van der Waals surface area (Å²) in [7, 11) is 1.30. The molecule has 1 atom stereocenters. The van der Waals surface area contributed by atoms with Gasteiger partial charge in [0.05, 0.1) is 12.7 Å². The van der Waals surface area contributed by atoms with Crippen molar-refractivity contribution in [1.82, 2.24) is 10.2 Å². The van der Waals surface area contributed by atoms with E-state index in [1.807, 2.05) is 29.2 Å². The summed E-state index contributed by atoms with van der Waals surface area (Å²) in [5.74, 6) is -1.50. The second-order valence-electron chi connectivity index (χ2n) is 8.45. The molecule has 2 aliphatic heterocycles. The standard InChI is InChI=1S/C22H23BrN2O4/c1-22(2)10-14-17(15(26)11-22)16(12-5-4-6-13(23)9-12)18(21(28)29-3)19-20(27)24-7-8-25(14)19/h4-6,9,16H,7-8,10-11H2,1-3H3,(H,24,27)/t16-/m1/s1. The fourth-order valence-corrected chi connectivity index (χ4v) is 5.05. The van der Waals surface area contributed by atoms with E-state index in [0.29, 0.717) is 37.2 Å². The quantitative estimate of drug-likeness (QED) is 0.689. The van der Waals surface area contributed by atoms with E-state index >= 15 is 0 Å². The van der Waals surface area contributed by atoms with Gasteiger partial charge >= 0.3 is 5.97 Å². The van der Waals surface area contributed by atoms with Gasteiger partial charge in [0.1, 0.15) is 5.70 Å². The maximum Gasteiger partial charge on any atom is 0.337 e. The number of hydrogen-bond donors (Lipinski definition) is 1. The van der Waals surface area contributed by atoms with E-state index in [1.165, 1.54) is 7.11 Å². The summed E-state index contributed by atoms with van der Waals surface area (Å²) in [4.78, 5) is 41.0. The highest BCUT2D eigenvalue weighted by Crippen LogP contribution is 2.50. The van der Waals surface area contributed by atoms with Crippen LogP contribution in [0.2, 0.25) is 0 Å². The lowest BCUT2D eigenvalue weighted by Gasteiger charge is -2.46. The monoisotopic (exact) mass is 458 g/mol. The molecular weight excluding hydrogens is 436 g/mol. The van der Waals surface area contributed by atoms with Gasteiger partial charge in [0.15, 0.2) is 5.78 Å². The molecule has 1 saturated heterocycles. The van der Waals surface area contributed by atoms with Crippen LogP contribution >= 0.6 is 15.9 Å². The van der Waals surface area contributed by atoms with Crippen molar-refractivity contribution in [3.8, 4) is 0 Å². The average molecular weight is 459 g/mol. The van der Waals surface area contributed by atoms with Crippen molar-refractivity contribution in [1.29, 1.82) is 0 Å². The Kier molecular flexibility index (Phi) is 4.89. The summed E-state index contributed by atoms with van der Waals surface area (Å²) < 4.78 is 5.91. The van der Waals surface area contributed by atoms with Gasteiger partial charge in [0.25, 0.3) is 5.91 Å². The third-order valence-electron chi connectivity index (χ3n) is 5.75. The zero-order valence-electron chi connectivity index (χ0n) is 16.7. The van der Waals surface area contributed by atoms with Crippen molar-refractivity contribution in [2.24, 2.45) is 5.41 Å². The zero-order valence-corrected chi connectivity index (χ0v) is 18.3. The average Bonchev–Trinajstić information content (AvgIpc) is 2.66. The van der Waals surface area contributed by atoms with Crippen LogP contribution in [0.5, 0.6) is 0 Å². The SMILES string of the molecule is COC(=O)C1=C2C(=O)NCCN2C2=C(C(=O)CC(C)(C)C2)[C@H]1c1cccc(Br)c1. The van der Waals surface area contributed by atoms with E-state index in [9.17, 15) is 14.4 Å². The van der Waals surface area contributed by atoms with Crippen LogP contribution in [0.15, 0.2) is 51.3 Å². The van der Waals surface area contributed by atoms with Crippen LogP contribution < -0.4 is 5.32 Å². The van der Waals surface area contributed by atoms with E-state index in [0.717, 1.165) is 15.7 Å². The first-order chi connectivity index (χ1) is 13.7. The van der Waals surface area contributed by atoms with Gasteiger partial charge in [-0.05, 0) is 29.5 Å². The van der Waals surface area contributed by atoms with Crippen molar-refractivity contribution < 1.29 is 19.1 Å². The van der Waals surface area contributed by atoms with E-state index in [2.05, 4.69) is 35.1 Å². The number of Topliss-reactive ketones (excluding diaryl/α,β-unsaturated/α-hetero) is 1. The predicted molar refractivity (Wildman–Crippen MR) is 111 cm³/mol. The van der Waals surface area contributed by atoms with E-state index in [-0.39, 0.29) is 22.7 Å². The summed E-state index contributed by atoms with van der Waals surface area (Å²) >= 11 is 3.48. The van der Waals surface area contributed by atoms with Crippen LogP contribution in [0, 0.1) is 5.41 Å². The Morgan fingerprint density at radius 2 is 2.03 bits per heavy atom. The minimum Gasteiger partial charge on any atom is -0.466 e. The van der Waals surface area contributed by atoms with Crippen molar-refractivity contribution >= 4 is 33.6 Å². The second-order valence-corrected chi connectivity index (χ2v) is 9.37. The van der Waals surface area contributed by atoms with Crippen LogP contribution in [-0.4, -0.2) is 42.8 Å². The first-order valence-corrected chi connectivity index (χ1v) is 10.4. The third-order valence-corrected chi connectivity index (χ3v) is 6.24. The van der Waals surface area contributed by atoms with Crippen molar-refractivity contribution in [2.75, 3.05) is 20.2 Å². The largest absolute Gasteiger partial charge is 0.466 e. The number of rotatable bonds is 2. The number of hydrogen-bond acceptors (Lipinski definition) is 5. The molecular formula is C22H23BrN2O4. The molecule has 2 heterocycles. The smallest absolute Gasteiger partial charge is 0.337 e. The fourth-order valence-electron chi connectivity index (χ4n) is 4.63. The van der Waals surface area contributed by atoms with Crippen LogP contribution in [-0.2, 0) is 19.1 Å². The Morgan fingerprint density at radius 1 is 1.28 bits per heavy atom. The number of carbonyl (C=O) groups is 3. The lowest BCUT2D eigenvalue weighted by molar-refractivity contribution is -0.137. The van der Waals surface area contributed by atoms with Crippen LogP contribution in [0.3, 0.4) is 0 Å². The molecule has 29 heavy (non-hydrogen) atoms. The molecule has 0 bridgehead atoms. The number of benzene rings is 1. The number of amides is 1. The van der Waals surface area contributed by atoms with Gasteiger partial charge < -0.3 is 15.0 Å². The molecule has 0 aromatic heterocycles. The summed E-state index contributed by atoms with van der Waals surface area (Å²) in [6.45, 7) is 5.11. The molecule has 0 spiro atoms. The molecule has 6 nitrogen and oxygen atoms in total. The van der Waals surface area contributed by atoms with Gasteiger partial charge in [-0.1, -0.05) is 41.9 Å².